The van der Waals surface area contributed by atoms with E-state index in [0.717, 1.165) is 24.2 Å². The number of benzene rings is 2. The lowest BCUT2D eigenvalue weighted by Gasteiger charge is -2.32. The highest BCUT2D eigenvalue weighted by atomic mass is 35.5. The average Bonchev–Trinajstić information content (AvgIpc) is 3.15. The van der Waals surface area contributed by atoms with E-state index in [1.54, 1.807) is 29.1 Å². The Balaban J connectivity index is 1.38. The predicted molar refractivity (Wildman–Crippen MR) is 116 cm³/mol. The number of halogens is 1. The Morgan fingerprint density at radius 2 is 1.80 bits per heavy atom. The second-order valence-electron chi connectivity index (χ2n) is 7.44. The van der Waals surface area contributed by atoms with Gasteiger partial charge in [-0.05, 0) is 50.1 Å². The summed E-state index contributed by atoms with van der Waals surface area (Å²) < 4.78 is 1.73. The highest BCUT2D eigenvalue weighted by Gasteiger charge is 2.27. The molecule has 0 atom stereocenters. The zero-order valence-electron chi connectivity index (χ0n) is 16.7. The van der Waals surface area contributed by atoms with E-state index in [2.05, 4.69) is 10.4 Å². The quantitative estimate of drug-likeness (QED) is 0.694. The highest BCUT2D eigenvalue weighted by molar-refractivity contribution is 6.30. The van der Waals surface area contributed by atoms with Crippen molar-refractivity contribution in [3.63, 3.8) is 0 Å². The molecule has 1 fully saturated rings. The van der Waals surface area contributed by atoms with Crippen molar-refractivity contribution in [2.45, 2.75) is 25.8 Å². The number of carbonyl (C=O) groups is 2. The molecule has 2 amide bonds. The fraction of sp³-hybridized carbons (Fsp3) is 0.261. The van der Waals surface area contributed by atoms with Gasteiger partial charge in [-0.2, -0.15) is 5.10 Å². The van der Waals surface area contributed by atoms with E-state index in [0.29, 0.717) is 29.2 Å². The van der Waals surface area contributed by atoms with Crippen molar-refractivity contribution >= 4 is 23.4 Å². The van der Waals surface area contributed by atoms with Crippen LogP contribution in [0.15, 0.2) is 60.8 Å². The summed E-state index contributed by atoms with van der Waals surface area (Å²) in [4.78, 5) is 27.2. The maximum atomic E-state index is 13.0. The van der Waals surface area contributed by atoms with Crippen molar-refractivity contribution in [1.82, 2.24) is 20.0 Å². The van der Waals surface area contributed by atoms with Gasteiger partial charge in [-0.3, -0.25) is 9.59 Å². The molecule has 2 aromatic carbocycles. The van der Waals surface area contributed by atoms with Crippen LogP contribution in [0.5, 0.6) is 0 Å². The Morgan fingerprint density at radius 3 is 2.50 bits per heavy atom. The van der Waals surface area contributed by atoms with Crippen molar-refractivity contribution in [3.8, 4) is 5.69 Å². The van der Waals surface area contributed by atoms with Crippen molar-refractivity contribution in [2.24, 2.45) is 0 Å². The summed E-state index contributed by atoms with van der Waals surface area (Å²) in [6.45, 7) is 3.08. The van der Waals surface area contributed by atoms with Crippen molar-refractivity contribution < 1.29 is 9.59 Å². The van der Waals surface area contributed by atoms with Crippen LogP contribution in [0.25, 0.3) is 5.69 Å². The van der Waals surface area contributed by atoms with E-state index < -0.39 is 0 Å². The van der Waals surface area contributed by atoms with Gasteiger partial charge in [-0.1, -0.05) is 35.9 Å². The van der Waals surface area contributed by atoms with E-state index in [9.17, 15) is 9.59 Å². The molecule has 154 valence electrons. The van der Waals surface area contributed by atoms with Gasteiger partial charge in [0.25, 0.3) is 11.8 Å². The minimum absolute atomic E-state index is 0.0337. The highest BCUT2D eigenvalue weighted by Crippen LogP contribution is 2.21. The van der Waals surface area contributed by atoms with Gasteiger partial charge in [0.2, 0.25) is 0 Å². The first kappa shape index (κ1) is 20.2. The molecule has 0 unspecified atom stereocenters. The molecule has 0 saturated carbocycles. The lowest BCUT2D eigenvalue weighted by atomic mass is 10.0. The number of carbonyl (C=O) groups excluding carboxylic acids is 2. The van der Waals surface area contributed by atoms with Crippen LogP contribution >= 0.6 is 11.6 Å². The first-order chi connectivity index (χ1) is 14.5. The fourth-order valence-corrected chi connectivity index (χ4v) is 3.93. The van der Waals surface area contributed by atoms with Crippen molar-refractivity contribution in [1.29, 1.82) is 0 Å². The van der Waals surface area contributed by atoms with Gasteiger partial charge in [0.1, 0.15) is 0 Å². The van der Waals surface area contributed by atoms with Gasteiger partial charge in [0.15, 0.2) is 0 Å². The minimum atomic E-state index is -0.0704. The molecule has 0 aliphatic carbocycles. The van der Waals surface area contributed by atoms with E-state index in [1.165, 1.54) is 0 Å². The molecule has 1 N–H and O–H groups in total. The predicted octanol–water partition coefficient (Wildman–Crippen LogP) is 3.87. The van der Waals surface area contributed by atoms with Crippen LogP contribution in [0.4, 0.5) is 0 Å². The van der Waals surface area contributed by atoms with Crippen LogP contribution in [0, 0.1) is 6.92 Å². The number of nitrogens with zero attached hydrogens (tertiary/aromatic N) is 3. The molecule has 3 aromatic rings. The molecule has 1 aliphatic rings. The van der Waals surface area contributed by atoms with E-state index >= 15 is 0 Å². The number of piperidine rings is 1. The number of likely N-dealkylation sites (tertiary alicyclic amines) is 1. The maximum Gasteiger partial charge on any atom is 0.257 e. The van der Waals surface area contributed by atoms with Crippen LogP contribution in [-0.4, -0.2) is 45.6 Å². The number of amides is 2. The van der Waals surface area contributed by atoms with Gasteiger partial charge >= 0.3 is 0 Å². The maximum absolute atomic E-state index is 13.0. The Labute approximate surface area is 180 Å². The normalized spacial score (nSPS) is 14.5. The summed E-state index contributed by atoms with van der Waals surface area (Å²) in [5.74, 6) is -0.104. The molecule has 2 heterocycles. The zero-order chi connectivity index (χ0) is 21.1. The third-order valence-electron chi connectivity index (χ3n) is 5.45. The van der Waals surface area contributed by atoms with Gasteiger partial charge in [-0.15, -0.1) is 0 Å². The number of nitrogens with one attached hydrogen (secondary N) is 1. The number of rotatable bonds is 4. The van der Waals surface area contributed by atoms with Crippen LogP contribution < -0.4 is 5.32 Å². The third kappa shape index (κ3) is 4.24. The Kier molecular flexibility index (Phi) is 5.86. The summed E-state index contributed by atoms with van der Waals surface area (Å²) >= 11 is 6.08. The molecule has 7 heteroatoms. The summed E-state index contributed by atoms with van der Waals surface area (Å²) in [6, 6.07) is 16.6. The summed E-state index contributed by atoms with van der Waals surface area (Å²) in [5.41, 5.74) is 2.84. The lowest BCUT2D eigenvalue weighted by molar-refractivity contribution is 0.0697. The smallest absolute Gasteiger partial charge is 0.257 e. The summed E-state index contributed by atoms with van der Waals surface area (Å²) in [6.07, 6.45) is 3.07. The number of aromatic nitrogens is 2. The molecule has 0 bridgehead atoms. The fourth-order valence-electron chi connectivity index (χ4n) is 3.74. The van der Waals surface area contributed by atoms with Crippen LogP contribution in [0.1, 0.15) is 39.3 Å². The Hall–Kier alpha value is -3.12. The van der Waals surface area contributed by atoms with Crippen LogP contribution in [-0.2, 0) is 0 Å². The van der Waals surface area contributed by atoms with Gasteiger partial charge in [0.05, 0.1) is 23.1 Å². The number of hydrogen-bond acceptors (Lipinski definition) is 3. The Bertz CT molecular complexity index is 1060. The van der Waals surface area contributed by atoms with Gasteiger partial charge in [-0.25, -0.2) is 4.68 Å². The lowest BCUT2D eigenvalue weighted by Crippen LogP contribution is -2.46. The van der Waals surface area contributed by atoms with E-state index in [-0.39, 0.29) is 17.9 Å². The summed E-state index contributed by atoms with van der Waals surface area (Å²) in [7, 11) is 0. The largest absolute Gasteiger partial charge is 0.349 e. The van der Waals surface area contributed by atoms with E-state index in [1.807, 2.05) is 48.2 Å². The molecule has 6 nitrogen and oxygen atoms in total. The van der Waals surface area contributed by atoms with E-state index in [4.69, 9.17) is 11.6 Å². The first-order valence-corrected chi connectivity index (χ1v) is 10.4. The molecule has 1 saturated heterocycles. The van der Waals surface area contributed by atoms with Gasteiger partial charge in [0, 0.05) is 29.7 Å². The second kappa shape index (κ2) is 8.71. The SMILES string of the molecule is Cc1c(C(=O)N2CCC(NC(=O)c3ccccc3)CC2)cnn1-c1cccc(Cl)c1. The topological polar surface area (TPSA) is 67.2 Å². The van der Waals surface area contributed by atoms with Gasteiger partial charge < -0.3 is 10.2 Å². The van der Waals surface area contributed by atoms with Crippen molar-refractivity contribution in [3.05, 3.63) is 82.6 Å². The first-order valence-electron chi connectivity index (χ1n) is 9.98. The monoisotopic (exact) mass is 422 g/mol. The molecule has 30 heavy (non-hydrogen) atoms. The molecule has 1 aromatic heterocycles. The zero-order valence-corrected chi connectivity index (χ0v) is 17.5. The third-order valence-corrected chi connectivity index (χ3v) is 5.68. The average molecular weight is 423 g/mol. The van der Waals surface area contributed by atoms with Crippen LogP contribution in [0.3, 0.4) is 0 Å². The minimum Gasteiger partial charge on any atom is -0.349 e. The second-order valence-corrected chi connectivity index (χ2v) is 7.88. The molecule has 0 radical (unpaired) electrons. The van der Waals surface area contributed by atoms with Crippen molar-refractivity contribution in [2.75, 3.05) is 13.1 Å². The molecule has 0 spiro atoms. The van der Waals surface area contributed by atoms with Crippen LogP contribution in [0.2, 0.25) is 5.02 Å². The molecule has 1 aliphatic heterocycles. The standard InChI is InChI=1S/C23H23ClN4O2/c1-16-21(15-25-28(16)20-9-5-8-18(24)14-20)23(30)27-12-10-19(11-13-27)26-22(29)17-6-3-2-4-7-17/h2-9,14-15,19H,10-13H2,1H3,(H,26,29). The molecular weight excluding hydrogens is 400 g/mol. The summed E-state index contributed by atoms with van der Waals surface area (Å²) in [5, 5.41) is 8.08. The molecule has 4 rings (SSSR count). The number of hydrogen-bond donors (Lipinski definition) is 1. The molecular formula is C23H23ClN4O2. The Morgan fingerprint density at radius 1 is 1.07 bits per heavy atom.